The van der Waals surface area contributed by atoms with Crippen molar-refractivity contribution in [2.45, 2.75) is 34.2 Å². The molecular weight excluding hydrogens is 280 g/mol. The Morgan fingerprint density at radius 1 is 1.27 bits per heavy atom. The molecule has 0 spiro atoms. The molecule has 0 aliphatic heterocycles. The molecule has 1 aromatic heterocycles. The molecule has 1 aromatic carbocycles. The van der Waals surface area contributed by atoms with Gasteiger partial charge in [-0.1, -0.05) is 37.6 Å². The second kappa shape index (κ2) is 6.13. The summed E-state index contributed by atoms with van der Waals surface area (Å²) in [5.41, 5.74) is 2.32. The maximum Gasteiger partial charge on any atom is 0.342 e. The maximum absolute atomic E-state index is 12.4. The van der Waals surface area contributed by atoms with E-state index in [2.05, 4.69) is 5.10 Å². The smallest absolute Gasteiger partial charge is 0.342 e. The molecule has 0 aliphatic rings. The second-order valence-corrected chi connectivity index (χ2v) is 5.94. The van der Waals surface area contributed by atoms with E-state index in [4.69, 9.17) is 0 Å². The molecule has 1 heterocycles. The number of benzene rings is 1. The number of carbonyl (C=O) groups is 1. The molecule has 116 valence electrons. The fourth-order valence-corrected chi connectivity index (χ4v) is 2.49. The second-order valence-electron chi connectivity index (χ2n) is 5.94. The molecule has 5 heteroatoms. The molecule has 0 bridgehead atoms. The van der Waals surface area contributed by atoms with Gasteiger partial charge in [-0.3, -0.25) is 4.79 Å². The van der Waals surface area contributed by atoms with Gasteiger partial charge in [-0.05, 0) is 30.9 Å². The molecule has 0 aliphatic carbocycles. The molecule has 2 rings (SSSR count). The largest absolute Gasteiger partial charge is 0.477 e. The first-order chi connectivity index (χ1) is 10.3. The van der Waals surface area contributed by atoms with Gasteiger partial charge in [0.05, 0.1) is 6.20 Å². The summed E-state index contributed by atoms with van der Waals surface area (Å²) in [6.45, 7) is 8.16. The zero-order valence-electron chi connectivity index (χ0n) is 13.3. The lowest BCUT2D eigenvalue weighted by Crippen LogP contribution is -2.30. The Hall–Kier alpha value is -2.43. The average Bonchev–Trinajstić information content (AvgIpc) is 2.40. The first kappa shape index (κ1) is 15.9. The summed E-state index contributed by atoms with van der Waals surface area (Å²) in [4.78, 5) is 24.0. The molecule has 5 nitrogen and oxygen atoms in total. The standard InChI is InChI=1S/C17H20N2O3/c1-10(2)9-19-16(20)15(17(21)22)14(8-18-19)13-6-5-11(3)7-12(13)4/h5-8,10H,9H2,1-4H3,(H,21,22). The van der Waals surface area contributed by atoms with Crippen LogP contribution in [0, 0.1) is 19.8 Å². The first-order valence-electron chi connectivity index (χ1n) is 7.22. The van der Waals surface area contributed by atoms with Crippen molar-refractivity contribution in [1.82, 2.24) is 9.78 Å². The SMILES string of the molecule is Cc1ccc(-c2cnn(CC(C)C)c(=O)c2C(=O)O)c(C)c1. The van der Waals surface area contributed by atoms with Crippen LogP contribution >= 0.6 is 0 Å². The van der Waals surface area contributed by atoms with Crippen LogP contribution in [-0.4, -0.2) is 20.9 Å². The zero-order chi connectivity index (χ0) is 16.4. The van der Waals surface area contributed by atoms with E-state index in [0.717, 1.165) is 16.7 Å². The van der Waals surface area contributed by atoms with Crippen LogP contribution in [0.2, 0.25) is 0 Å². The van der Waals surface area contributed by atoms with Crippen LogP contribution in [0.25, 0.3) is 11.1 Å². The number of carboxylic acid groups (broad SMARTS) is 1. The third-order valence-electron chi connectivity index (χ3n) is 3.47. The van der Waals surface area contributed by atoms with E-state index in [9.17, 15) is 14.7 Å². The summed E-state index contributed by atoms with van der Waals surface area (Å²) in [6.07, 6.45) is 1.48. The molecule has 1 N–H and O–H groups in total. The van der Waals surface area contributed by atoms with Gasteiger partial charge >= 0.3 is 5.97 Å². The lowest BCUT2D eigenvalue weighted by Gasteiger charge is -2.13. The molecule has 0 fully saturated rings. The summed E-state index contributed by atoms with van der Waals surface area (Å²) in [7, 11) is 0. The highest BCUT2D eigenvalue weighted by molar-refractivity contribution is 5.95. The van der Waals surface area contributed by atoms with Crippen molar-refractivity contribution in [3.05, 3.63) is 51.4 Å². The summed E-state index contributed by atoms with van der Waals surface area (Å²) in [5, 5.41) is 13.6. The number of aromatic nitrogens is 2. The van der Waals surface area contributed by atoms with Crippen molar-refractivity contribution in [2.24, 2.45) is 5.92 Å². The molecule has 0 atom stereocenters. The van der Waals surface area contributed by atoms with Gasteiger partial charge in [-0.15, -0.1) is 0 Å². The van der Waals surface area contributed by atoms with E-state index in [-0.39, 0.29) is 11.5 Å². The molecule has 22 heavy (non-hydrogen) atoms. The third kappa shape index (κ3) is 3.08. The Balaban J connectivity index is 2.69. The topological polar surface area (TPSA) is 72.2 Å². The lowest BCUT2D eigenvalue weighted by molar-refractivity contribution is 0.0694. The minimum atomic E-state index is -1.22. The molecule has 0 radical (unpaired) electrons. The van der Waals surface area contributed by atoms with Crippen molar-refractivity contribution >= 4 is 5.97 Å². The van der Waals surface area contributed by atoms with E-state index in [1.807, 2.05) is 45.9 Å². The van der Waals surface area contributed by atoms with Crippen LogP contribution in [0.3, 0.4) is 0 Å². The predicted molar refractivity (Wildman–Crippen MR) is 85.2 cm³/mol. The number of aryl methyl sites for hydroxylation is 2. The maximum atomic E-state index is 12.4. The first-order valence-corrected chi connectivity index (χ1v) is 7.22. The summed E-state index contributed by atoms with van der Waals surface area (Å²) in [5.74, 6) is -1.02. The normalized spacial score (nSPS) is 11.0. The van der Waals surface area contributed by atoms with Gasteiger partial charge < -0.3 is 5.11 Å². The van der Waals surface area contributed by atoms with Crippen molar-refractivity contribution < 1.29 is 9.90 Å². The summed E-state index contributed by atoms with van der Waals surface area (Å²) in [6, 6.07) is 5.69. The monoisotopic (exact) mass is 300 g/mol. The summed E-state index contributed by atoms with van der Waals surface area (Å²) < 4.78 is 1.22. The fraction of sp³-hybridized carbons (Fsp3) is 0.353. The average molecular weight is 300 g/mol. The van der Waals surface area contributed by atoms with Crippen LogP contribution in [-0.2, 0) is 6.54 Å². The Morgan fingerprint density at radius 2 is 1.95 bits per heavy atom. The molecule has 0 amide bonds. The lowest BCUT2D eigenvalue weighted by atomic mass is 9.97. The Morgan fingerprint density at radius 3 is 2.50 bits per heavy atom. The number of hydrogen-bond donors (Lipinski definition) is 1. The van der Waals surface area contributed by atoms with Gasteiger partial charge in [0.1, 0.15) is 5.56 Å². The van der Waals surface area contributed by atoms with Gasteiger partial charge in [0.2, 0.25) is 0 Å². The highest BCUT2D eigenvalue weighted by Crippen LogP contribution is 2.25. The van der Waals surface area contributed by atoms with E-state index < -0.39 is 11.5 Å². The Bertz CT molecular complexity index is 776. The van der Waals surface area contributed by atoms with Gasteiger partial charge in [0, 0.05) is 12.1 Å². The van der Waals surface area contributed by atoms with E-state index >= 15 is 0 Å². The molecule has 0 unspecified atom stereocenters. The number of hydrogen-bond acceptors (Lipinski definition) is 3. The van der Waals surface area contributed by atoms with Gasteiger partial charge in [0.15, 0.2) is 0 Å². The number of nitrogens with zero attached hydrogens (tertiary/aromatic N) is 2. The van der Waals surface area contributed by atoms with Crippen LogP contribution in [0.15, 0.2) is 29.2 Å². The Kier molecular flexibility index (Phi) is 4.45. The zero-order valence-corrected chi connectivity index (χ0v) is 13.3. The van der Waals surface area contributed by atoms with Crippen LogP contribution in [0.1, 0.15) is 35.3 Å². The van der Waals surface area contributed by atoms with Gasteiger partial charge in [0.25, 0.3) is 5.56 Å². The van der Waals surface area contributed by atoms with E-state index in [1.54, 1.807) is 0 Å². The highest BCUT2D eigenvalue weighted by atomic mass is 16.4. The predicted octanol–water partition coefficient (Wildman–Crippen LogP) is 2.88. The number of carboxylic acids is 1. The van der Waals surface area contributed by atoms with Gasteiger partial charge in [-0.25, -0.2) is 9.48 Å². The number of aromatic carboxylic acids is 1. The van der Waals surface area contributed by atoms with Gasteiger partial charge in [-0.2, -0.15) is 5.10 Å². The van der Waals surface area contributed by atoms with E-state index in [0.29, 0.717) is 12.1 Å². The van der Waals surface area contributed by atoms with Crippen molar-refractivity contribution in [1.29, 1.82) is 0 Å². The minimum Gasteiger partial charge on any atom is -0.477 e. The molecule has 0 saturated heterocycles. The quantitative estimate of drug-likeness (QED) is 0.942. The highest BCUT2D eigenvalue weighted by Gasteiger charge is 2.20. The fourth-order valence-electron chi connectivity index (χ4n) is 2.49. The minimum absolute atomic E-state index is 0.207. The molecule has 0 saturated carbocycles. The van der Waals surface area contributed by atoms with Crippen LogP contribution in [0.4, 0.5) is 0 Å². The third-order valence-corrected chi connectivity index (χ3v) is 3.47. The van der Waals surface area contributed by atoms with Crippen LogP contribution < -0.4 is 5.56 Å². The summed E-state index contributed by atoms with van der Waals surface area (Å²) >= 11 is 0. The Labute approximate surface area is 129 Å². The van der Waals surface area contributed by atoms with Crippen molar-refractivity contribution in [3.8, 4) is 11.1 Å². The molecular formula is C17H20N2O3. The van der Waals surface area contributed by atoms with E-state index in [1.165, 1.54) is 10.9 Å². The van der Waals surface area contributed by atoms with Crippen LogP contribution in [0.5, 0.6) is 0 Å². The number of rotatable bonds is 4. The molecule has 2 aromatic rings. The van der Waals surface area contributed by atoms with Crippen molar-refractivity contribution in [2.75, 3.05) is 0 Å². The van der Waals surface area contributed by atoms with Crippen molar-refractivity contribution in [3.63, 3.8) is 0 Å².